The van der Waals surface area contributed by atoms with Gasteiger partial charge in [-0.2, -0.15) is 0 Å². The summed E-state index contributed by atoms with van der Waals surface area (Å²) in [6.45, 7) is 3.54. The van der Waals surface area contributed by atoms with Crippen LogP contribution in [0.5, 0.6) is 0 Å². The number of carbonyl (C=O) groups excluding carboxylic acids is 1. The normalized spacial score (nSPS) is 21.6. The van der Waals surface area contributed by atoms with Crippen LogP contribution in [-0.2, 0) is 4.74 Å². The van der Waals surface area contributed by atoms with Crippen molar-refractivity contribution in [2.24, 2.45) is 11.7 Å². The molecule has 2 atom stereocenters. The smallest absolute Gasteiger partial charge is 0.251 e. The van der Waals surface area contributed by atoms with Gasteiger partial charge in [0, 0.05) is 30.2 Å². The van der Waals surface area contributed by atoms with Gasteiger partial charge in [0.25, 0.3) is 5.91 Å². The van der Waals surface area contributed by atoms with Gasteiger partial charge in [0.15, 0.2) is 0 Å². The number of thiocarbonyl (C=S) groups is 1. The summed E-state index contributed by atoms with van der Waals surface area (Å²) in [5.41, 5.74) is 6.87. The van der Waals surface area contributed by atoms with Crippen LogP contribution in [-0.4, -0.2) is 30.2 Å². The molecule has 1 aromatic rings. The second-order valence-corrected chi connectivity index (χ2v) is 5.46. The van der Waals surface area contributed by atoms with E-state index in [1.165, 1.54) is 0 Å². The van der Waals surface area contributed by atoms with E-state index in [1.807, 2.05) is 0 Å². The molecule has 0 bridgehead atoms. The van der Waals surface area contributed by atoms with E-state index >= 15 is 0 Å². The summed E-state index contributed by atoms with van der Waals surface area (Å²) in [7, 11) is 0. The zero-order chi connectivity index (χ0) is 14.5. The highest BCUT2D eigenvalue weighted by Crippen LogP contribution is 2.22. The first kappa shape index (κ1) is 14.9. The van der Waals surface area contributed by atoms with Crippen molar-refractivity contribution >= 4 is 23.1 Å². The van der Waals surface area contributed by atoms with Gasteiger partial charge in [-0.1, -0.05) is 31.3 Å². The minimum Gasteiger partial charge on any atom is -0.389 e. The minimum atomic E-state index is -0.0927. The molecule has 2 unspecified atom stereocenters. The maximum Gasteiger partial charge on any atom is 0.251 e. The van der Waals surface area contributed by atoms with E-state index in [4.69, 9.17) is 22.7 Å². The van der Waals surface area contributed by atoms with Crippen molar-refractivity contribution in [3.63, 3.8) is 0 Å². The lowest BCUT2D eigenvalue weighted by Gasteiger charge is -2.17. The maximum atomic E-state index is 12.1. The van der Waals surface area contributed by atoms with Crippen molar-refractivity contribution < 1.29 is 9.53 Å². The van der Waals surface area contributed by atoms with Gasteiger partial charge >= 0.3 is 0 Å². The van der Waals surface area contributed by atoms with Gasteiger partial charge in [-0.05, 0) is 25.0 Å². The van der Waals surface area contributed by atoms with Gasteiger partial charge in [0.1, 0.15) is 4.99 Å². The van der Waals surface area contributed by atoms with Crippen molar-refractivity contribution in [1.29, 1.82) is 0 Å². The second-order valence-electron chi connectivity index (χ2n) is 5.02. The molecule has 1 amide bonds. The van der Waals surface area contributed by atoms with Crippen LogP contribution in [0.1, 0.15) is 35.7 Å². The Hall–Kier alpha value is -1.46. The lowest BCUT2D eigenvalue weighted by atomic mass is 9.99. The maximum absolute atomic E-state index is 12.1. The van der Waals surface area contributed by atoms with Crippen LogP contribution in [0.2, 0.25) is 0 Å². The molecule has 1 aliphatic rings. The standard InChI is InChI=1S/C15H20N2O2S/c1-2-13-12(6-7-19-13)9-17-15(18)11-5-3-4-10(8-11)14(16)20/h3-5,8,12-13H,2,6-7,9H2,1H3,(H2,16,20)(H,17,18). The van der Waals surface area contributed by atoms with Crippen LogP contribution in [0.15, 0.2) is 24.3 Å². The molecule has 0 aromatic heterocycles. The first-order chi connectivity index (χ1) is 9.61. The molecule has 108 valence electrons. The second kappa shape index (κ2) is 6.81. The van der Waals surface area contributed by atoms with Crippen LogP contribution >= 0.6 is 12.2 Å². The average Bonchev–Trinajstić information content (AvgIpc) is 2.92. The van der Waals surface area contributed by atoms with Crippen molar-refractivity contribution in [2.75, 3.05) is 13.2 Å². The summed E-state index contributed by atoms with van der Waals surface area (Å²) in [6, 6.07) is 7.08. The Morgan fingerprint density at radius 2 is 2.25 bits per heavy atom. The zero-order valence-electron chi connectivity index (χ0n) is 11.6. The van der Waals surface area contributed by atoms with Crippen LogP contribution in [0.25, 0.3) is 0 Å². The lowest BCUT2D eigenvalue weighted by Crippen LogP contribution is -2.32. The predicted molar refractivity (Wildman–Crippen MR) is 82.8 cm³/mol. The molecule has 4 nitrogen and oxygen atoms in total. The molecule has 1 saturated heterocycles. The number of amides is 1. The lowest BCUT2D eigenvalue weighted by molar-refractivity contribution is 0.0827. The molecule has 0 spiro atoms. The van der Waals surface area contributed by atoms with Crippen molar-refractivity contribution in [3.8, 4) is 0 Å². The van der Waals surface area contributed by atoms with E-state index in [9.17, 15) is 4.79 Å². The molecule has 20 heavy (non-hydrogen) atoms. The number of nitrogens with one attached hydrogen (secondary N) is 1. The first-order valence-electron chi connectivity index (χ1n) is 6.91. The van der Waals surface area contributed by atoms with Gasteiger partial charge in [-0.25, -0.2) is 0 Å². The molecule has 1 aliphatic heterocycles. The van der Waals surface area contributed by atoms with E-state index in [1.54, 1.807) is 24.3 Å². The number of nitrogens with two attached hydrogens (primary N) is 1. The van der Waals surface area contributed by atoms with E-state index in [2.05, 4.69) is 12.2 Å². The number of rotatable bonds is 5. The Balaban J connectivity index is 1.95. The Kier molecular flexibility index (Phi) is 5.09. The highest BCUT2D eigenvalue weighted by molar-refractivity contribution is 7.80. The Labute approximate surface area is 124 Å². The number of hydrogen-bond donors (Lipinski definition) is 2. The third-order valence-corrected chi connectivity index (χ3v) is 3.92. The number of ether oxygens (including phenoxy) is 1. The molecule has 1 fully saturated rings. The van der Waals surface area contributed by atoms with Gasteiger partial charge in [-0.15, -0.1) is 0 Å². The largest absolute Gasteiger partial charge is 0.389 e. The third-order valence-electron chi connectivity index (χ3n) is 3.68. The molecule has 1 heterocycles. The summed E-state index contributed by atoms with van der Waals surface area (Å²) in [6.07, 6.45) is 2.25. The summed E-state index contributed by atoms with van der Waals surface area (Å²) in [5, 5.41) is 2.97. The molecular weight excluding hydrogens is 272 g/mol. The SMILES string of the molecule is CCC1OCCC1CNC(=O)c1cccc(C(N)=S)c1. The van der Waals surface area contributed by atoms with E-state index < -0.39 is 0 Å². The van der Waals surface area contributed by atoms with E-state index in [0.717, 1.165) is 19.4 Å². The number of carbonyl (C=O) groups is 1. The Bertz CT molecular complexity index is 504. The van der Waals surface area contributed by atoms with Crippen LogP contribution in [0, 0.1) is 5.92 Å². The molecule has 0 aliphatic carbocycles. The van der Waals surface area contributed by atoms with Gasteiger partial charge in [0.2, 0.25) is 0 Å². The van der Waals surface area contributed by atoms with Crippen LogP contribution < -0.4 is 11.1 Å². The molecule has 1 aromatic carbocycles. The quantitative estimate of drug-likeness (QED) is 0.813. The number of hydrogen-bond acceptors (Lipinski definition) is 3. The first-order valence-corrected chi connectivity index (χ1v) is 7.32. The van der Waals surface area contributed by atoms with Crippen LogP contribution in [0.3, 0.4) is 0 Å². The highest BCUT2D eigenvalue weighted by Gasteiger charge is 2.26. The summed E-state index contributed by atoms with van der Waals surface area (Å²) in [5.74, 6) is 0.313. The molecular formula is C15H20N2O2S. The van der Waals surface area contributed by atoms with Crippen molar-refractivity contribution in [1.82, 2.24) is 5.32 Å². The topological polar surface area (TPSA) is 64.3 Å². The van der Waals surface area contributed by atoms with Gasteiger partial charge in [-0.3, -0.25) is 4.79 Å². The van der Waals surface area contributed by atoms with Crippen molar-refractivity contribution in [3.05, 3.63) is 35.4 Å². The van der Waals surface area contributed by atoms with Crippen LogP contribution in [0.4, 0.5) is 0 Å². The number of benzene rings is 1. The summed E-state index contributed by atoms with van der Waals surface area (Å²) >= 11 is 4.92. The highest BCUT2D eigenvalue weighted by atomic mass is 32.1. The zero-order valence-corrected chi connectivity index (χ0v) is 12.4. The fourth-order valence-corrected chi connectivity index (χ4v) is 2.64. The Morgan fingerprint density at radius 1 is 1.50 bits per heavy atom. The molecule has 2 rings (SSSR count). The summed E-state index contributed by atoms with van der Waals surface area (Å²) in [4.78, 5) is 12.4. The molecule has 5 heteroatoms. The predicted octanol–water partition coefficient (Wildman–Crippen LogP) is 1.87. The van der Waals surface area contributed by atoms with E-state index in [-0.39, 0.29) is 12.0 Å². The third kappa shape index (κ3) is 3.55. The average molecular weight is 292 g/mol. The minimum absolute atomic E-state index is 0.0927. The van der Waals surface area contributed by atoms with E-state index in [0.29, 0.717) is 28.6 Å². The monoisotopic (exact) mass is 292 g/mol. The fraction of sp³-hybridized carbons (Fsp3) is 0.467. The van der Waals surface area contributed by atoms with Crippen molar-refractivity contribution in [2.45, 2.75) is 25.9 Å². The summed E-state index contributed by atoms with van der Waals surface area (Å²) < 4.78 is 5.62. The molecule has 0 saturated carbocycles. The van der Waals surface area contributed by atoms with Gasteiger partial charge in [0.05, 0.1) is 6.10 Å². The Morgan fingerprint density at radius 3 is 2.95 bits per heavy atom. The molecule has 3 N–H and O–H groups in total. The van der Waals surface area contributed by atoms with Gasteiger partial charge < -0.3 is 15.8 Å². The fourth-order valence-electron chi connectivity index (χ4n) is 2.52. The molecule has 0 radical (unpaired) electrons.